The molecule has 0 saturated heterocycles. The summed E-state index contributed by atoms with van der Waals surface area (Å²) in [5.41, 5.74) is 0. The fraction of sp³-hybridized carbons (Fsp3) is 0.333. The summed E-state index contributed by atoms with van der Waals surface area (Å²) in [6.07, 6.45) is 4.21. The summed E-state index contributed by atoms with van der Waals surface area (Å²) in [5, 5.41) is 18.6. The summed E-state index contributed by atoms with van der Waals surface area (Å²) in [7, 11) is 0. The molecule has 0 rings (SSSR count). The van der Waals surface area contributed by atoms with Gasteiger partial charge in [-0.25, -0.2) is 4.90 Å². The van der Waals surface area contributed by atoms with Crippen molar-refractivity contribution in [1.29, 1.82) is 0 Å². The van der Waals surface area contributed by atoms with E-state index in [0.717, 1.165) is 6.08 Å². The molecular formula is C9H15NO2. The highest BCUT2D eigenvalue weighted by molar-refractivity contribution is 4.91. The van der Waals surface area contributed by atoms with Crippen molar-refractivity contribution in [2.45, 2.75) is 5.91 Å². The Hall–Kier alpha value is -0.900. The van der Waals surface area contributed by atoms with Gasteiger partial charge in [0.05, 0.1) is 0 Å². The third kappa shape index (κ3) is 3.00. The van der Waals surface area contributed by atoms with Crippen LogP contribution in [0.4, 0.5) is 0 Å². The van der Waals surface area contributed by atoms with Gasteiger partial charge in [0.25, 0.3) is 0 Å². The number of hydrogen-bond acceptors (Lipinski definition) is 3. The molecular weight excluding hydrogens is 154 g/mol. The maximum atomic E-state index is 9.31. The van der Waals surface area contributed by atoms with Crippen molar-refractivity contribution in [2.24, 2.45) is 0 Å². The van der Waals surface area contributed by atoms with Crippen LogP contribution in [0, 0.1) is 0 Å². The topological polar surface area (TPSA) is 43.7 Å². The Bertz CT molecular complexity index is 165. The number of rotatable bonds is 6. The molecule has 0 bridgehead atoms. The van der Waals surface area contributed by atoms with E-state index in [2.05, 4.69) is 19.7 Å². The molecule has 0 aliphatic heterocycles. The predicted octanol–water partition coefficient (Wildman–Crippen LogP) is 0.485. The molecule has 0 heterocycles. The van der Waals surface area contributed by atoms with Gasteiger partial charge < -0.3 is 10.2 Å². The van der Waals surface area contributed by atoms with Gasteiger partial charge in [0, 0.05) is 13.1 Å². The summed E-state index contributed by atoms with van der Waals surface area (Å²) >= 11 is 0. The highest BCUT2D eigenvalue weighted by Crippen LogP contribution is 2.08. The third-order valence-electron chi connectivity index (χ3n) is 1.44. The van der Waals surface area contributed by atoms with Crippen LogP contribution in [0.5, 0.6) is 0 Å². The van der Waals surface area contributed by atoms with Crippen molar-refractivity contribution < 1.29 is 10.2 Å². The minimum Gasteiger partial charge on any atom is -0.350 e. The number of aliphatic hydroxyl groups is 2. The van der Waals surface area contributed by atoms with E-state index in [1.807, 2.05) is 0 Å². The average Bonchev–Trinajstić information content (AvgIpc) is 2.04. The second-order valence-electron chi connectivity index (χ2n) is 2.37. The lowest BCUT2D eigenvalue weighted by atomic mass is 10.3. The zero-order chi connectivity index (χ0) is 9.61. The van der Waals surface area contributed by atoms with Crippen molar-refractivity contribution in [2.75, 3.05) is 13.1 Å². The Morgan fingerprint density at radius 1 is 1.08 bits per heavy atom. The Morgan fingerprint density at radius 2 is 1.50 bits per heavy atom. The zero-order valence-electron chi connectivity index (χ0n) is 7.11. The van der Waals surface area contributed by atoms with Crippen molar-refractivity contribution >= 4 is 0 Å². The predicted molar refractivity (Wildman–Crippen MR) is 49.3 cm³/mol. The lowest BCUT2D eigenvalue weighted by Gasteiger charge is -2.30. The van der Waals surface area contributed by atoms with Gasteiger partial charge in [0.15, 0.2) is 0 Å². The summed E-state index contributed by atoms with van der Waals surface area (Å²) in [6, 6.07) is 0. The minimum absolute atomic E-state index is 0.366. The molecule has 12 heavy (non-hydrogen) atoms. The molecule has 0 spiro atoms. The summed E-state index contributed by atoms with van der Waals surface area (Å²) < 4.78 is 0. The van der Waals surface area contributed by atoms with Gasteiger partial charge in [0.1, 0.15) is 0 Å². The Balaban J connectivity index is 4.35. The molecule has 0 aliphatic carbocycles. The van der Waals surface area contributed by atoms with Crippen LogP contribution >= 0.6 is 0 Å². The molecule has 0 aromatic carbocycles. The molecule has 0 unspecified atom stereocenters. The van der Waals surface area contributed by atoms with Crippen molar-refractivity contribution in [3.8, 4) is 0 Å². The average molecular weight is 169 g/mol. The van der Waals surface area contributed by atoms with Crippen LogP contribution in [-0.2, 0) is 0 Å². The molecule has 0 atom stereocenters. The van der Waals surface area contributed by atoms with Crippen molar-refractivity contribution in [3.05, 3.63) is 38.0 Å². The molecule has 68 valence electrons. The first-order chi connectivity index (χ1) is 5.58. The number of nitrogens with zero attached hydrogens (tertiary/aromatic N) is 1. The smallest absolute Gasteiger partial charge is 0.246 e. The van der Waals surface area contributed by atoms with E-state index in [4.69, 9.17) is 0 Å². The SMILES string of the molecule is C=CCN(CC=C)C(O)(O)C=C. The van der Waals surface area contributed by atoms with Crippen LogP contribution in [0.25, 0.3) is 0 Å². The van der Waals surface area contributed by atoms with Gasteiger partial charge in [-0.3, -0.25) is 0 Å². The maximum Gasteiger partial charge on any atom is 0.246 e. The van der Waals surface area contributed by atoms with Gasteiger partial charge >= 0.3 is 0 Å². The lowest BCUT2D eigenvalue weighted by molar-refractivity contribution is -0.219. The monoisotopic (exact) mass is 169 g/mol. The fourth-order valence-corrected chi connectivity index (χ4v) is 0.784. The van der Waals surface area contributed by atoms with Gasteiger partial charge in [-0.1, -0.05) is 18.7 Å². The van der Waals surface area contributed by atoms with Gasteiger partial charge in [-0.15, -0.1) is 13.2 Å². The minimum atomic E-state index is -1.98. The van der Waals surface area contributed by atoms with Crippen LogP contribution in [0.3, 0.4) is 0 Å². The molecule has 3 heteroatoms. The lowest BCUT2D eigenvalue weighted by Crippen LogP contribution is -2.47. The highest BCUT2D eigenvalue weighted by Gasteiger charge is 2.25. The normalized spacial score (nSPS) is 11.2. The maximum absolute atomic E-state index is 9.31. The van der Waals surface area contributed by atoms with Gasteiger partial charge in [-0.2, -0.15) is 0 Å². The quantitative estimate of drug-likeness (QED) is 0.449. The molecule has 0 saturated carbocycles. The molecule has 0 aromatic heterocycles. The Kier molecular flexibility index (Phi) is 4.51. The van der Waals surface area contributed by atoms with E-state index in [1.54, 1.807) is 12.2 Å². The molecule has 0 fully saturated rings. The Morgan fingerprint density at radius 3 is 1.75 bits per heavy atom. The first kappa shape index (κ1) is 11.1. The first-order valence-electron chi connectivity index (χ1n) is 3.63. The van der Waals surface area contributed by atoms with E-state index < -0.39 is 5.91 Å². The van der Waals surface area contributed by atoms with Crippen LogP contribution < -0.4 is 0 Å². The van der Waals surface area contributed by atoms with Crippen LogP contribution in [0.1, 0.15) is 0 Å². The van der Waals surface area contributed by atoms with E-state index in [1.165, 1.54) is 4.90 Å². The van der Waals surface area contributed by atoms with Crippen LogP contribution in [0.2, 0.25) is 0 Å². The van der Waals surface area contributed by atoms with E-state index in [9.17, 15) is 10.2 Å². The van der Waals surface area contributed by atoms with Crippen molar-refractivity contribution in [1.82, 2.24) is 4.90 Å². The van der Waals surface area contributed by atoms with Crippen LogP contribution in [0.15, 0.2) is 38.0 Å². The highest BCUT2D eigenvalue weighted by atomic mass is 16.5. The second-order valence-corrected chi connectivity index (χ2v) is 2.37. The molecule has 3 nitrogen and oxygen atoms in total. The number of hydrogen-bond donors (Lipinski definition) is 2. The van der Waals surface area contributed by atoms with E-state index >= 15 is 0 Å². The largest absolute Gasteiger partial charge is 0.350 e. The first-order valence-corrected chi connectivity index (χ1v) is 3.63. The Labute approximate surface area is 72.9 Å². The van der Waals surface area contributed by atoms with Gasteiger partial charge in [-0.05, 0) is 6.08 Å². The summed E-state index contributed by atoms with van der Waals surface area (Å²) in [4.78, 5) is 1.36. The summed E-state index contributed by atoms with van der Waals surface area (Å²) in [6.45, 7) is 11.0. The zero-order valence-corrected chi connectivity index (χ0v) is 7.11. The van der Waals surface area contributed by atoms with E-state index in [0.29, 0.717) is 13.1 Å². The van der Waals surface area contributed by atoms with Gasteiger partial charge in [0.2, 0.25) is 5.91 Å². The summed E-state index contributed by atoms with van der Waals surface area (Å²) in [5.74, 6) is -1.98. The second kappa shape index (κ2) is 4.87. The standard InChI is InChI=1S/C9H15NO2/c1-4-7-10(8-5-2)9(11,12)6-3/h4-6,11-12H,1-3,7-8H2. The molecule has 2 N–H and O–H groups in total. The molecule has 0 aromatic rings. The molecule has 0 amide bonds. The molecule has 0 aliphatic rings. The van der Waals surface area contributed by atoms with Crippen molar-refractivity contribution in [3.63, 3.8) is 0 Å². The molecule has 0 radical (unpaired) electrons. The fourth-order valence-electron chi connectivity index (χ4n) is 0.784. The van der Waals surface area contributed by atoms with Crippen LogP contribution in [-0.4, -0.2) is 34.1 Å². The third-order valence-corrected chi connectivity index (χ3v) is 1.44. The van der Waals surface area contributed by atoms with E-state index in [-0.39, 0.29) is 0 Å².